The first-order valence-corrected chi connectivity index (χ1v) is 49.3. The summed E-state index contributed by atoms with van der Waals surface area (Å²) in [5.74, 6) is -29.2. The molecule has 39 N–H and O–H groups in total. The van der Waals surface area contributed by atoms with Gasteiger partial charge in [-0.25, -0.2) is 4.98 Å². The second kappa shape index (κ2) is 60.2. The molecule has 1 aromatic heterocycles. The number of carbonyl (C=O) groups is 22. The summed E-state index contributed by atoms with van der Waals surface area (Å²) >= 11 is 0. The van der Waals surface area contributed by atoms with E-state index in [-0.39, 0.29) is 90.4 Å². The number of carbonyl (C=O) groups excluding carboxylic acids is 21. The Balaban J connectivity index is 2.11. The van der Waals surface area contributed by atoms with Crippen LogP contribution in [0.25, 0.3) is 0 Å². The molecule has 0 unspecified atom stereocenters. The SMILES string of the molecule is CC(C)C[C@@H]1NC(=O)[C@H](C)NC(=O)[C@H]([C@@H](C)O)NC(=O)[C@H](CCC(=O)O)NC(=O)[C@@H]2CCCN2C(=O)[C@H](C)NC(=O)[C@H](CCCCN)NC(=O)[C@H]2CSSC[C@@H](C(=O)N[C@@H](CCC(N)=O)C(=O)N[C@@H](CCC(N)=O)C(=O)N[C@@H](Cc3cnc[nH]3)C(N)=O)NC(=O)[C@H](CCCNC(=N)N)NC(=O)[C@H](CCCNC(=N)N)NC(=O)[C@H](C)NC(=O)[C@H](CSSC[C@H](N)C(=O)N[C@@H](CC(N)=O)C(=O)N2)NC1=O. The fourth-order valence-corrected chi connectivity index (χ4v) is 18.3. The highest BCUT2D eigenvalue weighted by Gasteiger charge is 2.43. The van der Waals surface area contributed by atoms with Crippen LogP contribution in [0.2, 0.25) is 0 Å². The van der Waals surface area contributed by atoms with Crippen molar-refractivity contribution in [2.24, 2.45) is 51.8 Å². The first-order chi connectivity index (χ1) is 65.0. The molecule has 19 atom stereocenters. The number of carboxylic acids is 1. The number of H-pyrrole nitrogens is 1. The fourth-order valence-electron chi connectivity index (χ4n) is 13.7. The highest BCUT2D eigenvalue weighted by atomic mass is 33.1. The van der Waals surface area contributed by atoms with Gasteiger partial charge in [0.25, 0.3) is 0 Å². The summed E-state index contributed by atoms with van der Waals surface area (Å²) in [4.78, 5) is 320. The number of primary amides is 4. The number of nitrogens with one attached hydrogen (secondary N) is 21. The Morgan fingerprint density at radius 2 is 0.942 bits per heavy atom. The van der Waals surface area contributed by atoms with Crippen LogP contribution < -0.4 is 142 Å². The molecule has 3 fully saturated rings. The maximum Gasteiger partial charge on any atom is 0.303 e. The van der Waals surface area contributed by atoms with Crippen molar-refractivity contribution in [2.75, 3.05) is 49.2 Å². The Bertz CT molecular complexity index is 4470. The van der Waals surface area contributed by atoms with E-state index < -0.39 is 337 Å². The number of hydrogen-bond donors (Lipinski definition) is 31. The lowest BCUT2D eigenvalue weighted by molar-refractivity contribution is -0.142. The zero-order chi connectivity index (χ0) is 103. The number of aromatic amines is 1. The lowest BCUT2D eigenvalue weighted by atomic mass is 10.0. The number of aliphatic hydroxyl groups excluding tert-OH is 1. The number of aliphatic carboxylic acids is 1. The van der Waals surface area contributed by atoms with Crippen LogP contribution in [-0.2, 0) is 112 Å². The van der Waals surface area contributed by atoms with Crippen LogP contribution in [0.4, 0.5) is 0 Å². The van der Waals surface area contributed by atoms with Gasteiger partial charge < -0.3 is 162 Å². The van der Waals surface area contributed by atoms with Gasteiger partial charge in [0, 0.05) is 80.2 Å². The maximum absolute atomic E-state index is 15.4. The molecule has 3 saturated heterocycles. The first-order valence-electron chi connectivity index (χ1n) is 44.3. The van der Waals surface area contributed by atoms with Gasteiger partial charge in [-0.2, -0.15) is 0 Å². The summed E-state index contributed by atoms with van der Waals surface area (Å²) in [5.41, 5.74) is 46.2. The fraction of sp³-hybridized carbons (Fsp3) is 0.658. The largest absolute Gasteiger partial charge is 0.481 e. The van der Waals surface area contributed by atoms with Crippen LogP contribution in [0.15, 0.2) is 12.5 Å². The third-order valence-corrected chi connectivity index (χ3v) is 26.1. The van der Waals surface area contributed by atoms with Gasteiger partial charge in [-0.05, 0) is 124 Å². The van der Waals surface area contributed by atoms with Gasteiger partial charge in [0.1, 0.15) is 103 Å². The number of imidazole rings is 1. The molecule has 138 heavy (non-hydrogen) atoms. The Kier molecular flexibility index (Phi) is 51.3. The van der Waals surface area contributed by atoms with Crippen molar-refractivity contribution < 1.29 is 116 Å². The number of hydrogen-bond acceptors (Lipinski definition) is 32. The minimum absolute atomic E-state index is 0.0327. The molecular formula is C79H131N31O24S4. The third kappa shape index (κ3) is 42.5. The van der Waals surface area contributed by atoms with Crippen LogP contribution in [0, 0.1) is 16.7 Å². The predicted molar refractivity (Wildman–Crippen MR) is 502 cm³/mol. The predicted octanol–water partition coefficient (Wildman–Crippen LogP) is -12.3. The normalized spacial score (nSPS) is 25.1. The van der Waals surface area contributed by atoms with Crippen molar-refractivity contribution in [2.45, 2.75) is 272 Å². The monoisotopic (exact) mass is 2030 g/mol. The maximum atomic E-state index is 15.4. The molecule has 0 spiro atoms. The molecule has 59 heteroatoms. The van der Waals surface area contributed by atoms with Crippen LogP contribution in [-0.4, -0.2) is 331 Å². The molecule has 1 aromatic rings. The number of unbranched alkanes of at least 4 members (excludes halogenated alkanes) is 1. The molecule has 3 aliphatic heterocycles. The van der Waals surface area contributed by atoms with Gasteiger partial charge in [-0.3, -0.25) is 116 Å². The number of guanidine groups is 2. The van der Waals surface area contributed by atoms with Gasteiger partial charge in [0.05, 0.1) is 24.9 Å². The molecular weight excluding hydrogens is 1900 g/mol. The Labute approximate surface area is 809 Å². The quantitative estimate of drug-likeness (QED) is 0.0130. The molecule has 0 aliphatic carbocycles. The van der Waals surface area contributed by atoms with Gasteiger partial charge in [0.15, 0.2) is 11.9 Å². The van der Waals surface area contributed by atoms with E-state index in [1.54, 1.807) is 13.8 Å². The van der Waals surface area contributed by atoms with Gasteiger partial charge in [-0.15, -0.1) is 0 Å². The Morgan fingerprint density at radius 3 is 1.46 bits per heavy atom. The molecule has 21 amide bonds. The summed E-state index contributed by atoms with van der Waals surface area (Å²) in [7, 11) is 2.86. The van der Waals surface area contributed by atoms with E-state index >= 15 is 19.2 Å². The zero-order valence-electron chi connectivity index (χ0n) is 77.1. The number of aromatic nitrogens is 2. The summed E-state index contributed by atoms with van der Waals surface area (Å²) in [6.07, 6.45) is -5.57. The minimum Gasteiger partial charge on any atom is -0.481 e. The van der Waals surface area contributed by atoms with Crippen molar-refractivity contribution in [3.63, 3.8) is 0 Å². The number of aliphatic hydroxyl groups is 1. The topological polar surface area (TPSA) is 920 Å². The number of rotatable bonds is 35. The first kappa shape index (κ1) is 118. The summed E-state index contributed by atoms with van der Waals surface area (Å²) in [6.45, 7) is 7.48. The van der Waals surface area contributed by atoms with E-state index in [0.29, 0.717) is 27.3 Å². The van der Waals surface area contributed by atoms with E-state index in [2.05, 4.69) is 106 Å². The zero-order valence-corrected chi connectivity index (χ0v) is 80.4. The number of nitrogens with two attached hydrogens (primary N) is 8. The molecule has 4 rings (SSSR count). The van der Waals surface area contributed by atoms with Crippen LogP contribution >= 0.6 is 43.2 Å². The molecule has 0 saturated carbocycles. The lowest BCUT2D eigenvalue weighted by Crippen LogP contribution is -2.61. The van der Waals surface area contributed by atoms with Crippen LogP contribution in [0.3, 0.4) is 0 Å². The minimum atomic E-state index is -2.01. The Hall–Kier alpha value is -12.6. The van der Waals surface area contributed by atoms with Gasteiger partial charge in [0.2, 0.25) is 124 Å². The van der Waals surface area contributed by atoms with E-state index in [1.165, 1.54) is 19.4 Å². The second-order valence-corrected chi connectivity index (χ2v) is 38.4. The standard InChI is InChI=1S/C79H131N31O24S4/c1-35(2)26-49-70(127)107-51-31-136-135-30-41(81)63(120)105-50(28-57(84)114)71(128)108-53(73(130)99-42(12-7-8-22-80)64(121)96-38(5)77(134)110-25-11-15-54(110)75(132)102-47(18-21-58(115)116)69(126)109-59(39(6)111)76(133)95-37(4)62(119)104-49)33-138-137-32-52(106-66(123)44(14-10-24-92-79(88)89)98-65(122)43(13-9-23-91-78(86)87)97-61(118)36(3)94-72(51)129)74(131)101-45(16-19-55(82)112)67(124)100-46(17-20-56(83)113)68(125)103-48(60(85)117)27-40-29-90-34-93-40/h29,34-39,41-54,59,111H,7-28,30-33,80-81H2,1-6H3,(H2,82,112)(H2,83,113)(H2,84,114)(H2,85,117)(H,90,93)(H,94,129)(H,95,133)(H,96,121)(H,97,118)(H,98,122)(H,99,130)(H,100,124)(H,101,131)(H,102,132)(H,103,125)(H,104,119)(H,105,120)(H,106,123)(H,107,127)(H,108,128)(H,109,126)(H,115,116)(H4,86,87,91)(H4,88,89,92)/t36-,37-,38-,39+,41-,42-,43-,44-,45-,46-,47-,48-,49-,50-,51-,52-,53+,54-,59-/m0/s1. The summed E-state index contributed by atoms with van der Waals surface area (Å²) < 4.78 is 0. The second-order valence-electron chi connectivity index (χ2n) is 33.3. The van der Waals surface area contributed by atoms with Crippen molar-refractivity contribution in [1.82, 2.24) is 111 Å². The van der Waals surface area contributed by atoms with E-state index in [0.717, 1.165) is 47.3 Å². The highest BCUT2D eigenvalue weighted by Crippen LogP contribution is 2.27. The van der Waals surface area contributed by atoms with Gasteiger partial charge in [-0.1, -0.05) is 57.0 Å². The van der Waals surface area contributed by atoms with Crippen LogP contribution in [0.5, 0.6) is 0 Å². The lowest BCUT2D eigenvalue weighted by Gasteiger charge is -2.30. The van der Waals surface area contributed by atoms with Crippen molar-refractivity contribution >= 4 is 185 Å². The summed E-state index contributed by atoms with van der Waals surface area (Å²) in [5, 5.41) is 80.7. The summed E-state index contributed by atoms with van der Waals surface area (Å²) in [6, 6.07) is -31.5. The van der Waals surface area contributed by atoms with Crippen molar-refractivity contribution in [3.8, 4) is 0 Å². The van der Waals surface area contributed by atoms with E-state index in [1.807, 2.05) is 0 Å². The number of nitrogens with zero attached hydrogens (tertiary/aromatic N) is 2. The average molecular weight is 2030 g/mol. The molecule has 770 valence electrons. The van der Waals surface area contributed by atoms with Gasteiger partial charge >= 0.3 is 5.97 Å². The molecule has 0 radical (unpaired) electrons. The number of amides is 21. The molecule has 55 nitrogen and oxygen atoms in total. The Morgan fingerprint density at radius 1 is 0.493 bits per heavy atom. The molecule has 4 heterocycles. The van der Waals surface area contributed by atoms with E-state index in [4.69, 9.17) is 56.7 Å². The molecule has 3 aliphatic rings. The third-order valence-electron chi connectivity index (χ3n) is 21.2. The van der Waals surface area contributed by atoms with Crippen molar-refractivity contribution in [1.29, 1.82) is 10.8 Å². The number of carboxylic acid groups (broad SMARTS) is 1. The van der Waals surface area contributed by atoms with Crippen LogP contribution in [0.1, 0.15) is 156 Å². The van der Waals surface area contributed by atoms with Crippen molar-refractivity contribution in [3.05, 3.63) is 18.2 Å². The van der Waals surface area contributed by atoms with E-state index in [9.17, 15) is 96.5 Å². The average Bonchev–Trinajstić information content (AvgIpc) is 1.66. The number of fused-ring (bicyclic) bond motifs is 12. The molecule has 2 bridgehead atoms. The highest BCUT2D eigenvalue weighted by molar-refractivity contribution is 8.77. The molecule has 0 aromatic carbocycles. The smallest absolute Gasteiger partial charge is 0.303 e.